The summed E-state index contributed by atoms with van der Waals surface area (Å²) in [5.74, 6) is 0.984. The molecule has 16 heavy (non-hydrogen) atoms. The fourth-order valence-electron chi connectivity index (χ4n) is 3.01. The van der Waals surface area contributed by atoms with Crippen molar-refractivity contribution in [3.05, 3.63) is 83.1 Å². The maximum absolute atomic E-state index is 2.31. The van der Waals surface area contributed by atoms with Crippen LogP contribution in [0.25, 0.3) is 0 Å². The Kier molecular flexibility index (Phi) is 1.49. The van der Waals surface area contributed by atoms with Crippen LogP contribution in [0, 0.1) is 11.8 Å². The molecule has 4 rings (SSSR count). The normalized spacial score (nSPS) is 32.5. The van der Waals surface area contributed by atoms with E-state index in [1.165, 1.54) is 22.3 Å². The van der Waals surface area contributed by atoms with Crippen LogP contribution < -0.4 is 0 Å². The lowest BCUT2D eigenvalue weighted by atomic mass is 9.70. The van der Waals surface area contributed by atoms with Gasteiger partial charge in [-0.3, -0.25) is 0 Å². The van der Waals surface area contributed by atoms with Gasteiger partial charge >= 0.3 is 0 Å². The first kappa shape index (κ1) is 8.35. The van der Waals surface area contributed by atoms with Crippen LogP contribution >= 0.6 is 0 Å². The van der Waals surface area contributed by atoms with E-state index in [0.29, 0.717) is 11.8 Å². The lowest BCUT2D eigenvalue weighted by Crippen LogP contribution is -2.19. The van der Waals surface area contributed by atoms with Gasteiger partial charge < -0.3 is 0 Å². The van der Waals surface area contributed by atoms with E-state index in [9.17, 15) is 0 Å². The first-order chi connectivity index (χ1) is 7.93. The summed E-state index contributed by atoms with van der Waals surface area (Å²) in [5.41, 5.74) is 5.83. The molecule has 0 aromatic carbocycles. The fourth-order valence-corrected chi connectivity index (χ4v) is 3.01. The summed E-state index contributed by atoms with van der Waals surface area (Å²) in [7, 11) is 0. The van der Waals surface area contributed by atoms with E-state index in [0.717, 1.165) is 0 Å². The Bertz CT molecular complexity index is 519. The highest BCUT2D eigenvalue weighted by molar-refractivity contribution is 5.67. The summed E-state index contributed by atoms with van der Waals surface area (Å²) in [4.78, 5) is 0. The van der Waals surface area contributed by atoms with Crippen LogP contribution in [0.5, 0.6) is 0 Å². The molecule has 2 atom stereocenters. The Morgan fingerprint density at radius 1 is 0.625 bits per heavy atom. The smallest absolute Gasteiger partial charge is 0.0214 e. The maximum atomic E-state index is 2.31. The standard InChI is InChI=1S/C16H12/c1-3-11-7-9-13-5-2-6-14-10-8-12(4-1)15(11)16(13)14/h1-11,14H. The van der Waals surface area contributed by atoms with Crippen molar-refractivity contribution in [1.82, 2.24) is 0 Å². The van der Waals surface area contributed by atoms with E-state index in [1.54, 1.807) is 0 Å². The van der Waals surface area contributed by atoms with Gasteiger partial charge in [0.05, 0.1) is 0 Å². The third-order valence-electron chi connectivity index (χ3n) is 3.73. The number of hydrogen-bond acceptors (Lipinski definition) is 0. The second-order valence-electron chi connectivity index (χ2n) is 4.61. The minimum Gasteiger partial charge on any atom is -0.0732 e. The van der Waals surface area contributed by atoms with Crippen molar-refractivity contribution in [3.8, 4) is 0 Å². The largest absolute Gasteiger partial charge is 0.0732 e. The molecule has 0 aromatic rings. The molecule has 0 fully saturated rings. The van der Waals surface area contributed by atoms with Crippen molar-refractivity contribution in [1.29, 1.82) is 0 Å². The quantitative estimate of drug-likeness (QED) is 0.565. The molecule has 0 saturated carbocycles. The van der Waals surface area contributed by atoms with Crippen LogP contribution in [-0.4, -0.2) is 0 Å². The Morgan fingerprint density at radius 2 is 1.12 bits per heavy atom. The predicted octanol–water partition coefficient (Wildman–Crippen LogP) is 3.65. The van der Waals surface area contributed by atoms with Crippen molar-refractivity contribution < 1.29 is 0 Å². The van der Waals surface area contributed by atoms with Gasteiger partial charge in [0.15, 0.2) is 0 Å². The lowest BCUT2D eigenvalue weighted by molar-refractivity contribution is 0.842. The molecular weight excluding hydrogens is 192 g/mol. The van der Waals surface area contributed by atoms with E-state index in [1.807, 2.05) is 0 Å². The minimum absolute atomic E-state index is 0.492. The van der Waals surface area contributed by atoms with Crippen molar-refractivity contribution in [2.45, 2.75) is 0 Å². The van der Waals surface area contributed by atoms with Crippen molar-refractivity contribution >= 4 is 0 Å². The molecule has 0 saturated heterocycles. The third-order valence-corrected chi connectivity index (χ3v) is 3.73. The monoisotopic (exact) mass is 204 g/mol. The molecule has 0 nitrogen and oxygen atoms in total. The fraction of sp³-hybridized carbons (Fsp3) is 0.125. The van der Waals surface area contributed by atoms with Gasteiger partial charge in [0.2, 0.25) is 0 Å². The topological polar surface area (TPSA) is 0 Å². The predicted molar refractivity (Wildman–Crippen MR) is 66.7 cm³/mol. The van der Waals surface area contributed by atoms with Crippen LogP contribution in [0.3, 0.4) is 0 Å². The minimum atomic E-state index is 0.492. The number of allylic oxidation sites excluding steroid dienone is 14. The van der Waals surface area contributed by atoms with E-state index in [2.05, 4.69) is 60.8 Å². The average molecular weight is 204 g/mol. The third kappa shape index (κ3) is 0.943. The highest BCUT2D eigenvalue weighted by atomic mass is 14.3. The van der Waals surface area contributed by atoms with Crippen LogP contribution in [0.15, 0.2) is 83.1 Å². The number of rotatable bonds is 0. The molecule has 4 aliphatic carbocycles. The van der Waals surface area contributed by atoms with E-state index >= 15 is 0 Å². The van der Waals surface area contributed by atoms with Gasteiger partial charge in [-0.25, -0.2) is 0 Å². The summed E-state index contributed by atoms with van der Waals surface area (Å²) in [6, 6.07) is 0. The van der Waals surface area contributed by atoms with Gasteiger partial charge in [-0.2, -0.15) is 0 Å². The molecule has 0 heterocycles. The summed E-state index contributed by atoms with van der Waals surface area (Å²) < 4.78 is 0. The SMILES string of the molecule is C1=CC2C=CC3=CC=CC4C=CC(=C1)C2=C34. The lowest BCUT2D eigenvalue weighted by Gasteiger charge is -2.34. The first-order valence-corrected chi connectivity index (χ1v) is 5.82. The summed E-state index contributed by atoms with van der Waals surface area (Å²) in [6.07, 6.45) is 22.5. The molecule has 0 N–H and O–H groups in total. The summed E-state index contributed by atoms with van der Waals surface area (Å²) in [6.45, 7) is 0. The molecule has 0 amide bonds. The van der Waals surface area contributed by atoms with Crippen molar-refractivity contribution in [3.63, 3.8) is 0 Å². The Hall–Kier alpha value is -1.82. The molecule has 2 unspecified atom stereocenters. The zero-order valence-corrected chi connectivity index (χ0v) is 8.93. The van der Waals surface area contributed by atoms with Crippen molar-refractivity contribution in [2.24, 2.45) is 11.8 Å². The van der Waals surface area contributed by atoms with E-state index < -0.39 is 0 Å². The van der Waals surface area contributed by atoms with Gasteiger partial charge in [-0.1, -0.05) is 60.8 Å². The zero-order valence-electron chi connectivity index (χ0n) is 8.93. The van der Waals surface area contributed by atoms with Gasteiger partial charge in [0.1, 0.15) is 0 Å². The second-order valence-corrected chi connectivity index (χ2v) is 4.61. The molecule has 4 aliphatic rings. The average Bonchev–Trinajstić information content (AvgIpc) is 2.36. The van der Waals surface area contributed by atoms with Crippen LogP contribution in [0.4, 0.5) is 0 Å². The highest BCUT2D eigenvalue weighted by Crippen LogP contribution is 2.44. The van der Waals surface area contributed by atoms with Gasteiger partial charge in [0, 0.05) is 11.8 Å². The Labute approximate surface area is 95.4 Å². The van der Waals surface area contributed by atoms with Crippen molar-refractivity contribution in [2.75, 3.05) is 0 Å². The Morgan fingerprint density at radius 3 is 1.62 bits per heavy atom. The summed E-state index contributed by atoms with van der Waals surface area (Å²) >= 11 is 0. The molecule has 0 spiro atoms. The van der Waals surface area contributed by atoms with E-state index in [-0.39, 0.29) is 0 Å². The van der Waals surface area contributed by atoms with E-state index in [4.69, 9.17) is 0 Å². The maximum Gasteiger partial charge on any atom is 0.0214 e. The summed E-state index contributed by atoms with van der Waals surface area (Å²) in [5, 5.41) is 0. The van der Waals surface area contributed by atoms with Crippen LogP contribution in [-0.2, 0) is 0 Å². The molecule has 0 bridgehead atoms. The Balaban J connectivity index is 2.03. The second kappa shape index (κ2) is 2.85. The molecule has 0 aromatic heterocycles. The molecule has 0 radical (unpaired) electrons. The van der Waals surface area contributed by atoms with Crippen LogP contribution in [0.2, 0.25) is 0 Å². The molecular formula is C16H12. The molecule has 0 heteroatoms. The van der Waals surface area contributed by atoms with Gasteiger partial charge in [0.25, 0.3) is 0 Å². The molecule has 76 valence electrons. The van der Waals surface area contributed by atoms with Gasteiger partial charge in [-0.15, -0.1) is 0 Å². The van der Waals surface area contributed by atoms with Gasteiger partial charge in [-0.05, 0) is 22.3 Å². The highest BCUT2D eigenvalue weighted by Gasteiger charge is 2.30. The zero-order chi connectivity index (χ0) is 10.5. The van der Waals surface area contributed by atoms with Crippen LogP contribution in [0.1, 0.15) is 0 Å². The molecule has 0 aliphatic heterocycles. The number of hydrogen-bond donors (Lipinski definition) is 0. The first-order valence-electron chi connectivity index (χ1n) is 5.82.